The van der Waals surface area contributed by atoms with Crippen LogP contribution < -0.4 is 22.7 Å². The number of nitrogen functional groups attached to an aromatic ring is 2. The van der Waals surface area contributed by atoms with Gasteiger partial charge in [0.05, 0.1) is 39.4 Å². The summed E-state index contributed by atoms with van der Waals surface area (Å²) in [6.45, 7) is 2.60. The number of carbonyl (C=O) groups excluding carboxylic acids is 2. The summed E-state index contributed by atoms with van der Waals surface area (Å²) < 4.78 is 42.2. The summed E-state index contributed by atoms with van der Waals surface area (Å²) in [5, 5.41) is 8.68. The first kappa shape index (κ1) is 38.7. The lowest BCUT2D eigenvalue weighted by atomic mass is 10.5. The monoisotopic (exact) mass is 738 g/mol. The molecule has 0 amide bonds. The molecule has 0 unspecified atom stereocenters. The first-order valence-electron chi connectivity index (χ1n) is 13.7. The van der Waals surface area contributed by atoms with Crippen molar-refractivity contribution in [2.24, 2.45) is 0 Å². The van der Waals surface area contributed by atoms with Crippen LogP contribution in [0.4, 0.5) is 11.8 Å². The maximum atomic E-state index is 12.8. The molecule has 23 heteroatoms. The van der Waals surface area contributed by atoms with Crippen molar-refractivity contribution in [3.63, 3.8) is 0 Å². The predicted octanol–water partition coefficient (Wildman–Crippen LogP) is 0.799. The zero-order chi connectivity index (χ0) is 34.4. The van der Waals surface area contributed by atoms with Crippen molar-refractivity contribution in [2.75, 3.05) is 61.8 Å². The van der Waals surface area contributed by atoms with Gasteiger partial charge in [0.15, 0.2) is 21.4 Å². The second kappa shape index (κ2) is 19.3. The Kier molecular flexibility index (Phi) is 15.8. The number of imidazole rings is 1. The molecule has 0 aliphatic carbocycles. The molecular weight excluding hydrogens is 703 g/mol. The fourth-order valence-electron chi connectivity index (χ4n) is 3.55. The number of nitrogens with two attached hydrogens (primary N) is 2. The molecule has 3 aromatic rings. The first-order chi connectivity index (χ1) is 22.4. The van der Waals surface area contributed by atoms with Gasteiger partial charge in [-0.2, -0.15) is 9.97 Å². The van der Waals surface area contributed by atoms with Crippen LogP contribution in [0.15, 0.2) is 28.2 Å². The molecule has 2 atom stereocenters. The van der Waals surface area contributed by atoms with Gasteiger partial charge in [-0.3, -0.25) is 42.1 Å². The molecular formula is C24H35N8O11PS3. The molecule has 0 saturated carbocycles. The van der Waals surface area contributed by atoms with E-state index in [9.17, 15) is 23.7 Å². The Morgan fingerprint density at radius 2 is 1.77 bits per heavy atom. The van der Waals surface area contributed by atoms with Crippen molar-refractivity contribution in [1.29, 1.82) is 0 Å². The van der Waals surface area contributed by atoms with Crippen LogP contribution in [-0.4, -0.2) is 100 Å². The molecule has 47 heavy (non-hydrogen) atoms. The number of carbonyl (C=O) groups is 2. The number of hydrogen-bond donors (Lipinski definition) is 4. The molecule has 0 aromatic carbocycles. The molecule has 6 N–H and O–H groups in total. The second-order valence-corrected chi connectivity index (χ2v) is 14.5. The van der Waals surface area contributed by atoms with Crippen LogP contribution in [-0.2, 0) is 43.9 Å². The summed E-state index contributed by atoms with van der Waals surface area (Å²) in [7, 11) is -3.91. The highest BCUT2D eigenvalue weighted by molar-refractivity contribution is 8.13. The van der Waals surface area contributed by atoms with Gasteiger partial charge in [0.1, 0.15) is 24.2 Å². The number of nitrogens with one attached hydrogen (secondary N) is 1. The van der Waals surface area contributed by atoms with Crippen LogP contribution >= 0.6 is 43.1 Å². The standard InChI is InChI=1S/C16H24N5O8PS2.C8H11N3O3S/c1-11(22)31-7-5-28-30(25,29-6-8-32-12(2)23)27-4-3-26-10-21-9-18-13-14(21)19-16(17)20-15(13)24;9-5-1-2-11(8(13)10-5)6-4-15-7(3-12)14-6/h9H,3-8,10H2,1-2H3,(H3,17,19,20,24);1-2,6-7,12H,3-4H2,(H2,9,10,13)/t;6-,7+/m.0/s1. The van der Waals surface area contributed by atoms with Crippen LogP contribution in [0.25, 0.3) is 11.2 Å². The summed E-state index contributed by atoms with van der Waals surface area (Å²) in [6.07, 6.45) is 2.56. The van der Waals surface area contributed by atoms with Crippen LogP contribution in [0, 0.1) is 0 Å². The number of phosphoric ester groups is 1. The number of nitrogens with zero attached hydrogens (tertiary/aromatic N) is 5. The summed E-state index contributed by atoms with van der Waals surface area (Å²) in [5.41, 5.74) is 10.1. The molecule has 1 fully saturated rings. The van der Waals surface area contributed by atoms with Gasteiger partial charge in [-0.15, -0.1) is 11.8 Å². The molecule has 1 aliphatic heterocycles. The number of hydrogen-bond acceptors (Lipinski definition) is 19. The maximum absolute atomic E-state index is 12.8. The molecule has 3 aromatic heterocycles. The smallest absolute Gasteiger partial charge is 0.393 e. The quantitative estimate of drug-likeness (QED) is 0.117. The third kappa shape index (κ3) is 13.0. The number of aromatic amines is 1. The number of aromatic nitrogens is 6. The van der Waals surface area contributed by atoms with Gasteiger partial charge in [0.25, 0.3) is 5.56 Å². The Bertz CT molecular complexity index is 1630. The van der Waals surface area contributed by atoms with E-state index in [4.69, 9.17) is 39.6 Å². The number of anilines is 2. The third-order valence-electron chi connectivity index (χ3n) is 5.52. The van der Waals surface area contributed by atoms with Crippen LogP contribution in [0.2, 0.25) is 0 Å². The Balaban J connectivity index is 0.000000331. The highest BCUT2D eigenvalue weighted by Gasteiger charge is 2.28. The van der Waals surface area contributed by atoms with Crippen LogP contribution in [0.5, 0.6) is 0 Å². The topological polar surface area (TPSA) is 268 Å². The number of thioether (sulfide) groups is 3. The minimum Gasteiger partial charge on any atom is -0.393 e. The number of phosphoric acid groups is 1. The van der Waals surface area contributed by atoms with E-state index in [1.165, 1.54) is 41.1 Å². The Hall–Kier alpha value is -2.79. The Morgan fingerprint density at radius 3 is 2.36 bits per heavy atom. The van der Waals surface area contributed by atoms with Crippen molar-refractivity contribution in [1.82, 2.24) is 29.1 Å². The maximum Gasteiger partial charge on any atom is 0.474 e. The SMILES string of the molecule is CC(=O)SCCOP(=O)(OCCOCn1cnc2c(=O)[nH]c(N)nc21)OCCSC(C)=O.Nc1ccn([C@@H]2CS[C@H](CO)O2)c(=O)n1. The van der Waals surface area contributed by atoms with E-state index in [1.807, 2.05) is 0 Å². The molecule has 1 saturated heterocycles. The third-order valence-corrected chi connectivity index (χ3v) is 9.68. The number of H-pyrrole nitrogens is 1. The van der Waals surface area contributed by atoms with Gasteiger partial charge in [0, 0.05) is 37.3 Å². The molecule has 4 rings (SSSR count). The molecule has 0 spiro atoms. The van der Waals surface area contributed by atoms with Crippen molar-refractivity contribution in [3.05, 3.63) is 39.4 Å². The summed E-state index contributed by atoms with van der Waals surface area (Å²) >= 11 is 3.51. The lowest BCUT2D eigenvalue weighted by Crippen LogP contribution is -2.28. The highest BCUT2D eigenvalue weighted by Crippen LogP contribution is 2.49. The zero-order valence-corrected chi connectivity index (χ0v) is 28.7. The predicted molar refractivity (Wildman–Crippen MR) is 177 cm³/mol. The van der Waals surface area contributed by atoms with Crippen LogP contribution in [0.1, 0.15) is 20.1 Å². The number of aliphatic hydroxyl groups excluding tert-OH is 1. The average Bonchev–Trinajstić information content (AvgIpc) is 3.65. The fraction of sp³-hybridized carbons (Fsp3) is 0.542. The van der Waals surface area contributed by atoms with E-state index in [0.717, 1.165) is 23.5 Å². The van der Waals surface area contributed by atoms with Gasteiger partial charge >= 0.3 is 13.5 Å². The van der Waals surface area contributed by atoms with E-state index in [-0.39, 0.29) is 96.1 Å². The summed E-state index contributed by atoms with van der Waals surface area (Å²) in [4.78, 5) is 59.1. The number of aliphatic hydroxyl groups is 1. The second-order valence-electron chi connectivity index (χ2n) is 9.08. The van der Waals surface area contributed by atoms with Gasteiger partial charge in [0.2, 0.25) is 5.95 Å². The minimum absolute atomic E-state index is 0.00767. The van der Waals surface area contributed by atoms with Crippen molar-refractivity contribution in [2.45, 2.75) is 32.2 Å². The number of rotatable bonds is 16. The lowest BCUT2D eigenvalue weighted by molar-refractivity contribution is -0.109. The van der Waals surface area contributed by atoms with Gasteiger partial charge in [-0.1, -0.05) is 23.5 Å². The van der Waals surface area contributed by atoms with E-state index in [2.05, 4.69) is 19.9 Å². The summed E-state index contributed by atoms with van der Waals surface area (Å²) in [6, 6.07) is 1.54. The van der Waals surface area contributed by atoms with Gasteiger partial charge in [-0.25, -0.2) is 14.3 Å². The van der Waals surface area contributed by atoms with Crippen molar-refractivity contribution < 1.29 is 42.3 Å². The molecule has 1 aliphatic rings. The van der Waals surface area contributed by atoms with E-state index in [1.54, 1.807) is 12.3 Å². The van der Waals surface area contributed by atoms with E-state index in [0.29, 0.717) is 5.75 Å². The molecule has 260 valence electrons. The largest absolute Gasteiger partial charge is 0.474 e. The number of fused-ring (bicyclic) bond motifs is 1. The molecule has 0 bridgehead atoms. The minimum atomic E-state index is -3.91. The van der Waals surface area contributed by atoms with Gasteiger partial charge < -0.3 is 26.0 Å². The van der Waals surface area contributed by atoms with Gasteiger partial charge in [-0.05, 0) is 6.07 Å². The first-order valence-corrected chi connectivity index (χ1v) is 18.2. The van der Waals surface area contributed by atoms with E-state index < -0.39 is 19.1 Å². The van der Waals surface area contributed by atoms with E-state index >= 15 is 0 Å². The normalized spacial score (nSPS) is 16.2. The van der Waals surface area contributed by atoms with Crippen molar-refractivity contribution >= 4 is 76.3 Å². The molecule has 19 nitrogen and oxygen atoms in total. The van der Waals surface area contributed by atoms with Crippen LogP contribution in [0.3, 0.4) is 0 Å². The Labute approximate surface area is 280 Å². The Morgan fingerprint density at radius 1 is 1.11 bits per heavy atom. The zero-order valence-electron chi connectivity index (χ0n) is 25.3. The fourth-order valence-corrected chi connectivity index (χ4v) is 6.78. The number of ether oxygens (including phenoxy) is 2. The average molecular weight is 739 g/mol. The lowest BCUT2D eigenvalue weighted by Gasteiger charge is -2.18. The highest BCUT2D eigenvalue weighted by atomic mass is 32.2. The molecule has 0 radical (unpaired) electrons. The molecule has 4 heterocycles. The summed E-state index contributed by atoms with van der Waals surface area (Å²) in [5.74, 6) is 1.34. The van der Waals surface area contributed by atoms with Crippen molar-refractivity contribution in [3.8, 4) is 0 Å².